The van der Waals surface area contributed by atoms with Gasteiger partial charge in [0.1, 0.15) is 0 Å². The number of carbonyl (C=O) groups excluding carboxylic acids is 1. The predicted octanol–water partition coefficient (Wildman–Crippen LogP) is 3.79. The van der Waals surface area contributed by atoms with Crippen molar-refractivity contribution in [2.24, 2.45) is 10.4 Å². The molecule has 1 aromatic rings. The summed E-state index contributed by atoms with van der Waals surface area (Å²) in [6.07, 6.45) is 8.24. The fourth-order valence-corrected chi connectivity index (χ4v) is 4.32. The summed E-state index contributed by atoms with van der Waals surface area (Å²) in [5.74, 6) is 0.980. The van der Waals surface area contributed by atoms with Crippen LogP contribution in [0.3, 0.4) is 0 Å². The topological polar surface area (TPSA) is 56.7 Å². The number of benzene rings is 1. The number of aliphatic imine (C=N–C) groups is 1. The van der Waals surface area contributed by atoms with Gasteiger partial charge in [-0.1, -0.05) is 31.4 Å². The van der Waals surface area contributed by atoms with Crippen molar-refractivity contribution in [3.63, 3.8) is 0 Å². The molecule has 1 aromatic carbocycles. The largest absolute Gasteiger partial charge is 0.357 e. The van der Waals surface area contributed by atoms with Crippen molar-refractivity contribution < 1.29 is 4.79 Å². The number of nitrogens with zero attached hydrogens (tertiary/aromatic N) is 2. The minimum atomic E-state index is -0.0526. The average molecular weight is 484 g/mol. The van der Waals surface area contributed by atoms with Crippen LogP contribution in [0.25, 0.3) is 0 Å². The number of guanidine groups is 1. The lowest BCUT2D eigenvalue weighted by atomic mass is 9.73. The lowest BCUT2D eigenvalue weighted by Crippen LogP contribution is -2.41. The molecule has 2 N–H and O–H groups in total. The van der Waals surface area contributed by atoms with Crippen LogP contribution in [-0.4, -0.2) is 43.4 Å². The number of halogens is 1. The molecule has 1 aliphatic heterocycles. The smallest absolute Gasteiger partial charge is 0.251 e. The van der Waals surface area contributed by atoms with Crippen LogP contribution in [0.2, 0.25) is 0 Å². The Bertz CT molecular complexity index is 638. The Morgan fingerprint density at radius 2 is 1.85 bits per heavy atom. The van der Waals surface area contributed by atoms with Gasteiger partial charge in [-0.05, 0) is 49.3 Å². The second-order valence-corrected chi connectivity index (χ2v) is 7.68. The third-order valence-electron chi connectivity index (χ3n) is 5.84. The molecular formula is C21H33IN4O. The lowest BCUT2D eigenvalue weighted by Gasteiger charge is -2.33. The molecule has 0 radical (unpaired) electrons. The summed E-state index contributed by atoms with van der Waals surface area (Å²) in [6, 6.07) is 7.71. The molecule has 2 aliphatic rings. The summed E-state index contributed by atoms with van der Waals surface area (Å²) in [7, 11) is 1.65. The summed E-state index contributed by atoms with van der Waals surface area (Å²) >= 11 is 0. The maximum atomic E-state index is 11.6. The van der Waals surface area contributed by atoms with E-state index in [1.165, 1.54) is 38.5 Å². The monoisotopic (exact) mass is 484 g/mol. The van der Waals surface area contributed by atoms with Crippen molar-refractivity contribution in [2.75, 3.05) is 26.7 Å². The quantitative estimate of drug-likeness (QED) is 0.389. The molecule has 0 bridgehead atoms. The molecule has 3 rings (SSSR count). The van der Waals surface area contributed by atoms with Gasteiger partial charge in [-0.3, -0.25) is 4.79 Å². The van der Waals surface area contributed by atoms with Crippen LogP contribution in [0.1, 0.15) is 61.4 Å². The van der Waals surface area contributed by atoms with Crippen molar-refractivity contribution in [1.29, 1.82) is 0 Å². The maximum Gasteiger partial charge on any atom is 0.251 e. The molecule has 1 aliphatic carbocycles. The van der Waals surface area contributed by atoms with Gasteiger partial charge in [0.15, 0.2) is 5.96 Å². The summed E-state index contributed by atoms with van der Waals surface area (Å²) < 4.78 is 0. The number of nitrogens with one attached hydrogen (secondary N) is 2. The molecule has 0 atom stereocenters. The first-order chi connectivity index (χ1) is 12.7. The Balaban J connectivity index is 0.00000261. The van der Waals surface area contributed by atoms with Gasteiger partial charge < -0.3 is 15.5 Å². The molecule has 0 unspecified atom stereocenters. The lowest BCUT2D eigenvalue weighted by molar-refractivity contribution is 0.0963. The van der Waals surface area contributed by atoms with Crippen molar-refractivity contribution in [1.82, 2.24) is 15.5 Å². The van der Waals surface area contributed by atoms with Crippen molar-refractivity contribution in [3.8, 4) is 0 Å². The first-order valence-corrected chi connectivity index (χ1v) is 10.00. The van der Waals surface area contributed by atoms with Gasteiger partial charge in [0, 0.05) is 32.2 Å². The highest BCUT2D eigenvalue weighted by molar-refractivity contribution is 14.0. The van der Waals surface area contributed by atoms with Gasteiger partial charge in [0.05, 0.1) is 6.54 Å². The van der Waals surface area contributed by atoms with Gasteiger partial charge >= 0.3 is 0 Å². The van der Waals surface area contributed by atoms with Crippen LogP contribution in [0.5, 0.6) is 0 Å². The molecule has 27 heavy (non-hydrogen) atoms. The average Bonchev–Trinajstić information content (AvgIpc) is 3.08. The number of hydrogen-bond donors (Lipinski definition) is 2. The first-order valence-electron chi connectivity index (χ1n) is 10.00. The zero-order valence-corrected chi connectivity index (χ0v) is 18.9. The van der Waals surface area contributed by atoms with Crippen LogP contribution in [0.15, 0.2) is 29.3 Å². The van der Waals surface area contributed by atoms with Crippen molar-refractivity contribution in [2.45, 2.75) is 52.0 Å². The zero-order valence-electron chi connectivity index (χ0n) is 16.6. The van der Waals surface area contributed by atoms with E-state index in [0.717, 1.165) is 31.2 Å². The molecule has 1 saturated carbocycles. The number of amides is 1. The van der Waals surface area contributed by atoms with Crippen LogP contribution >= 0.6 is 24.0 Å². The third-order valence-corrected chi connectivity index (χ3v) is 5.84. The molecule has 1 amide bonds. The highest BCUT2D eigenvalue weighted by Crippen LogP contribution is 2.43. The first kappa shape index (κ1) is 22.0. The molecule has 1 spiro atoms. The molecule has 150 valence electrons. The van der Waals surface area contributed by atoms with E-state index in [1.807, 2.05) is 24.3 Å². The van der Waals surface area contributed by atoms with E-state index >= 15 is 0 Å². The highest BCUT2D eigenvalue weighted by Gasteiger charge is 2.39. The summed E-state index contributed by atoms with van der Waals surface area (Å²) in [4.78, 5) is 19.0. The number of likely N-dealkylation sites (tertiary alicyclic amines) is 1. The summed E-state index contributed by atoms with van der Waals surface area (Å²) in [5.41, 5.74) is 2.34. The molecule has 2 fully saturated rings. The van der Waals surface area contributed by atoms with E-state index in [0.29, 0.717) is 17.5 Å². The van der Waals surface area contributed by atoms with Crippen LogP contribution in [-0.2, 0) is 6.54 Å². The van der Waals surface area contributed by atoms with Gasteiger partial charge in [0.2, 0.25) is 0 Å². The zero-order chi connectivity index (χ0) is 18.4. The van der Waals surface area contributed by atoms with Crippen molar-refractivity contribution in [3.05, 3.63) is 35.4 Å². The number of carbonyl (C=O) groups is 1. The van der Waals surface area contributed by atoms with Crippen LogP contribution in [0, 0.1) is 5.41 Å². The molecular weight excluding hydrogens is 451 g/mol. The van der Waals surface area contributed by atoms with Crippen LogP contribution < -0.4 is 10.6 Å². The molecule has 5 nitrogen and oxygen atoms in total. The Morgan fingerprint density at radius 1 is 1.15 bits per heavy atom. The van der Waals surface area contributed by atoms with Crippen molar-refractivity contribution >= 4 is 35.8 Å². The van der Waals surface area contributed by atoms with E-state index < -0.39 is 0 Å². The third kappa shape index (κ3) is 5.59. The van der Waals surface area contributed by atoms with Gasteiger partial charge in [-0.25, -0.2) is 4.99 Å². The fraction of sp³-hybridized carbons (Fsp3) is 0.619. The molecule has 6 heteroatoms. The minimum Gasteiger partial charge on any atom is -0.357 e. The normalized spacial score (nSPS) is 18.9. The molecule has 1 heterocycles. The van der Waals surface area contributed by atoms with E-state index in [2.05, 4.69) is 22.5 Å². The van der Waals surface area contributed by atoms with Gasteiger partial charge in [-0.15, -0.1) is 24.0 Å². The molecule has 1 saturated heterocycles. The standard InChI is InChI=1S/C21H32N4O.HI/c1-3-23-20(25-14-13-21(16-25)11-5-4-6-12-21)24-15-17-7-9-18(10-8-17)19(26)22-2;/h7-10H,3-6,11-16H2,1-2H3,(H,22,26)(H,23,24);1H. The number of rotatable bonds is 4. The van der Waals surface area contributed by atoms with E-state index in [4.69, 9.17) is 4.99 Å². The Hall–Kier alpha value is -1.31. The van der Waals surface area contributed by atoms with Gasteiger partial charge in [0.25, 0.3) is 5.91 Å². The summed E-state index contributed by atoms with van der Waals surface area (Å²) in [6.45, 7) is 5.91. The second-order valence-electron chi connectivity index (χ2n) is 7.68. The molecule has 0 aromatic heterocycles. The Labute approximate surface area is 180 Å². The van der Waals surface area contributed by atoms with E-state index in [9.17, 15) is 4.79 Å². The minimum absolute atomic E-state index is 0. The van der Waals surface area contributed by atoms with Crippen LogP contribution in [0.4, 0.5) is 0 Å². The highest BCUT2D eigenvalue weighted by atomic mass is 127. The predicted molar refractivity (Wildman–Crippen MR) is 122 cm³/mol. The van der Waals surface area contributed by atoms with E-state index in [1.54, 1.807) is 7.05 Å². The Kier molecular flexibility index (Phi) is 8.38. The van der Waals surface area contributed by atoms with E-state index in [-0.39, 0.29) is 29.9 Å². The summed E-state index contributed by atoms with van der Waals surface area (Å²) in [5, 5.41) is 6.12. The fourth-order valence-electron chi connectivity index (χ4n) is 4.32. The maximum absolute atomic E-state index is 11.6. The second kappa shape index (κ2) is 10.3. The SMILES string of the molecule is CCNC(=NCc1ccc(C(=O)NC)cc1)N1CCC2(CCCCC2)C1.I. The van der Waals surface area contributed by atoms with Gasteiger partial charge in [-0.2, -0.15) is 0 Å². The number of hydrogen-bond acceptors (Lipinski definition) is 2. The Morgan fingerprint density at radius 3 is 2.48 bits per heavy atom.